The van der Waals surface area contributed by atoms with Gasteiger partial charge >= 0.3 is 5.97 Å². The fraction of sp³-hybridized carbons (Fsp3) is 0.176. The van der Waals surface area contributed by atoms with Crippen molar-refractivity contribution in [3.8, 4) is 0 Å². The van der Waals surface area contributed by atoms with Gasteiger partial charge in [0.2, 0.25) is 0 Å². The van der Waals surface area contributed by atoms with Gasteiger partial charge in [-0.25, -0.2) is 9.78 Å². The van der Waals surface area contributed by atoms with Crippen LogP contribution in [0.4, 0.5) is 0 Å². The van der Waals surface area contributed by atoms with Crippen LogP contribution in [-0.2, 0) is 11.2 Å². The second-order valence-corrected chi connectivity index (χ2v) is 5.38. The molecule has 22 heavy (non-hydrogen) atoms. The summed E-state index contributed by atoms with van der Waals surface area (Å²) in [4.78, 5) is 19.5. The largest absolute Gasteiger partial charge is 0.462 e. The smallest absolute Gasteiger partial charge is 0.338 e. The predicted molar refractivity (Wildman–Crippen MR) is 86.3 cm³/mol. The molecule has 0 saturated heterocycles. The molecule has 112 valence electrons. The molecule has 1 heterocycles. The summed E-state index contributed by atoms with van der Waals surface area (Å²) in [7, 11) is 0. The van der Waals surface area contributed by atoms with Gasteiger partial charge in [0, 0.05) is 11.4 Å². The number of ether oxygens (including phenoxy) is 1. The van der Waals surface area contributed by atoms with Gasteiger partial charge in [0.25, 0.3) is 0 Å². The lowest BCUT2D eigenvalue weighted by Gasteiger charge is -2.00. The molecule has 2 aromatic carbocycles. The number of aromatic amines is 1. The van der Waals surface area contributed by atoms with Crippen LogP contribution in [0.15, 0.2) is 42.5 Å². The standard InChI is InChI=1S/C17H15ClN2O2/c1-2-22-17(21)12-5-8-14-15(10-12)20-16(19-14)9-11-3-6-13(18)7-4-11/h3-8,10H,2,9H2,1H3,(H,19,20). The maximum Gasteiger partial charge on any atom is 0.338 e. The van der Waals surface area contributed by atoms with E-state index in [4.69, 9.17) is 16.3 Å². The molecule has 0 aliphatic heterocycles. The van der Waals surface area contributed by atoms with Crippen LogP contribution in [0.1, 0.15) is 28.7 Å². The number of carbonyl (C=O) groups is 1. The Kier molecular flexibility index (Phi) is 4.11. The van der Waals surface area contributed by atoms with Gasteiger partial charge in [-0.15, -0.1) is 0 Å². The normalized spacial score (nSPS) is 10.8. The van der Waals surface area contributed by atoms with E-state index in [1.54, 1.807) is 19.1 Å². The highest BCUT2D eigenvalue weighted by molar-refractivity contribution is 6.30. The molecule has 5 heteroatoms. The summed E-state index contributed by atoms with van der Waals surface area (Å²) < 4.78 is 5.00. The molecule has 0 unspecified atom stereocenters. The minimum absolute atomic E-state index is 0.321. The van der Waals surface area contributed by atoms with Crippen molar-refractivity contribution in [1.82, 2.24) is 9.97 Å². The Morgan fingerprint density at radius 3 is 2.73 bits per heavy atom. The van der Waals surface area contributed by atoms with Gasteiger partial charge in [0.05, 0.1) is 23.2 Å². The molecular formula is C17H15ClN2O2. The molecule has 0 aliphatic rings. The molecule has 0 bridgehead atoms. The molecule has 0 radical (unpaired) electrons. The van der Waals surface area contributed by atoms with Crippen LogP contribution in [0.3, 0.4) is 0 Å². The zero-order valence-electron chi connectivity index (χ0n) is 12.1. The Morgan fingerprint density at radius 2 is 2.00 bits per heavy atom. The van der Waals surface area contributed by atoms with E-state index in [9.17, 15) is 4.79 Å². The molecule has 0 aliphatic carbocycles. The number of hydrogen-bond acceptors (Lipinski definition) is 3. The number of esters is 1. The maximum atomic E-state index is 11.7. The van der Waals surface area contributed by atoms with Crippen molar-refractivity contribution in [3.05, 3.63) is 64.4 Å². The molecular weight excluding hydrogens is 300 g/mol. The fourth-order valence-electron chi connectivity index (χ4n) is 2.28. The second kappa shape index (κ2) is 6.20. The number of carbonyl (C=O) groups excluding carboxylic acids is 1. The molecule has 3 aromatic rings. The Hall–Kier alpha value is -2.33. The summed E-state index contributed by atoms with van der Waals surface area (Å²) in [6, 6.07) is 13.0. The monoisotopic (exact) mass is 314 g/mol. The van der Waals surface area contributed by atoms with E-state index in [-0.39, 0.29) is 5.97 Å². The fourth-order valence-corrected chi connectivity index (χ4v) is 2.41. The first kappa shape index (κ1) is 14.6. The number of fused-ring (bicyclic) bond motifs is 1. The second-order valence-electron chi connectivity index (χ2n) is 4.94. The van der Waals surface area contributed by atoms with Gasteiger partial charge in [0.15, 0.2) is 0 Å². The van der Waals surface area contributed by atoms with Crippen LogP contribution < -0.4 is 0 Å². The highest BCUT2D eigenvalue weighted by Gasteiger charge is 2.10. The zero-order valence-corrected chi connectivity index (χ0v) is 12.9. The number of rotatable bonds is 4. The minimum Gasteiger partial charge on any atom is -0.462 e. The topological polar surface area (TPSA) is 55.0 Å². The van der Waals surface area contributed by atoms with Crippen molar-refractivity contribution in [1.29, 1.82) is 0 Å². The molecule has 0 spiro atoms. The van der Waals surface area contributed by atoms with Crippen LogP contribution in [0.25, 0.3) is 11.0 Å². The zero-order chi connectivity index (χ0) is 15.5. The Bertz CT molecular complexity index is 809. The van der Waals surface area contributed by atoms with E-state index in [0.717, 1.165) is 22.4 Å². The van der Waals surface area contributed by atoms with Crippen molar-refractivity contribution >= 4 is 28.6 Å². The number of benzene rings is 2. The van der Waals surface area contributed by atoms with Crippen LogP contribution in [-0.4, -0.2) is 22.5 Å². The predicted octanol–water partition coefficient (Wildman–Crippen LogP) is 3.98. The highest BCUT2D eigenvalue weighted by Crippen LogP contribution is 2.17. The summed E-state index contributed by atoms with van der Waals surface area (Å²) in [6.07, 6.45) is 0.681. The quantitative estimate of drug-likeness (QED) is 0.741. The van der Waals surface area contributed by atoms with E-state index in [1.807, 2.05) is 30.3 Å². The first-order valence-electron chi connectivity index (χ1n) is 7.06. The van der Waals surface area contributed by atoms with Gasteiger partial charge in [-0.3, -0.25) is 0 Å². The van der Waals surface area contributed by atoms with Crippen LogP contribution in [0.2, 0.25) is 5.02 Å². The van der Waals surface area contributed by atoms with E-state index < -0.39 is 0 Å². The molecule has 1 aromatic heterocycles. The summed E-state index contributed by atoms with van der Waals surface area (Å²) in [5.41, 5.74) is 3.30. The number of nitrogens with one attached hydrogen (secondary N) is 1. The average Bonchev–Trinajstić information content (AvgIpc) is 2.91. The van der Waals surface area contributed by atoms with Gasteiger partial charge in [-0.05, 0) is 42.8 Å². The molecule has 3 rings (SSSR count). The Morgan fingerprint density at radius 1 is 1.23 bits per heavy atom. The number of hydrogen-bond donors (Lipinski definition) is 1. The first-order valence-corrected chi connectivity index (χ1v) is 7.43. The van der Waals surface area contributed by atoms with Crippen molar-refractivity contribution in [2.75, 3.05) is 6.61 Å². The SMILES string of the molecule is CCOC(=O)c1ccc2nc(Cc3ccc(Cl)cc3)[nH]c2c1. The molecule has 0 saturated carbocycles. The van der Waals surface area contributed by atoms with Gasteiger partial charge in [-0.2, -0.15) is 0 Å². The lowest BCUT2D eigenvalue weighted by Crippen LogP contribution is -2.04. The summed E-state index contributed by atoms with van der Waals surface area (Å²) in [5, 5.41) is 0.715. The molecule has 1 N–H and O–H groups in total. The third kappa shape index (κ3) is 3.12. The lowest BCUT2D eigenvalue weighted by atomic mass is 10.1. The number of imidazole rings is 1. The van der Waals surface area contributed by atoms with Crippen molar-refractivity contribution < 1.29 is 9.53 Å². The van der Waals surface area contributed by atoms with Crippen LogP contribution in [0.5, 0.6) is 0 Å². The molecule has 4 nitrogen and oxygen atoms in total. The van der Waals surface area contributed by atoms with Gasteiger partial charge in [-0.1, -0.05) is 23.7 Å². The third-order valence-electron chi connectivity index (χ3n) is 3.33. The molecule has 0 fully saturated rings. The first-order chi connectivity index (χ1) is 10.7. The van der Waals surface area contributed by atoms with Crippen molar-refractivity contribution in [3.63, 3.8) is 0 Å². The van der Waals surface area contributed by atoms with Gasteiger partial charge in [0.1, 0.15) is 5.82 Å². The maximum absolute atomic E-state index is 11.7. The number of H-pyrrole nitrogens is 1. The van der Waals surface area contributed by atoms with E-state index in [0.29, 0.717) is 23.6 Å². The number of halogens is 1. The van der Waals surface area contributed by atoms with Crippen LogP contribution in [0, 0.1) is 0 Å². The third-order valence-corrected chi connectivity index (χ3v) is 3.58. The molecule has 0 amide bonds. The van der Waals surface area contributed by atoms with Gasteiger partial charge < -0.3 is 9.72 Å². The van der Waals surface area contributed by atoms with E-state index >= 15 is 0 Å². The average molecular weight is 315 g/mol. The summed E-state index contributed by atoms with van der Waals surface area (Å²) in [5.74, 6) is 0.525. The number of aromatic nitrogens is 2. The number of nitrogens with zero attached hydrogens (tertiary/aromatic N) is 1. The van der Waals surface area contributed by atoms with Crippen molar-refractivity contribution in [2.45, 2.75) is 13.3 Å². The van der Waals surface area contributed by atoms with E-state index in [2.05, 4.69) is 9.97 Å². The summed E-state index contributed by atoms with van der Waals surface area (Å²) in [6.45, 7) is 2.15. The Balaban J connectivity index is 1.86. The summed E-state index contributed by atoms with van der Waals surface area (Å²) >= 11 is 5.88. The molecule has 0 atom stereocenters. The van der Waals surface area contributed by atoms with Crippen LogP contribution >= 0.6 is 11.6 Å². The lowest BCUT2D eigenvalue weighted by molar-refractivity contribution is 0.0526. The Labute approximate surface area is 133 Å². The highest BCUT2D eigenvalue weighted by atomic mass is 35.5. The van der Waals surface area contributed by atoms with Crippen molar-refractivity contribution in [2.24, 2.45) is 0 Å². The minimum atomic E-state index is -0.321. The van der Waals surface area contributed by atoms with E-state index in [1.165, 1.54) is 0 Å².